The van der Waals surface area contributed by atoms with Gasteiger partial charge in [-0.3, -0.25) is 0 Å². The van der Waals surface area contributed by atoms with E-state index in [1.807, 2.05) is 19.1 Å². The molecule has 0 atom stereocenters. The Balaban J connectivity index is 2.26. The Hall–Kier alpha value is -1.23. The first-order chi connectivity index (χ1) is 8.51. The number of benzene rings is 1. The van der Waals surface area contributed by atoms with Crippen molar-refractivity contribution in [2.45, 2.75) is 32.5 Å². The molecule has 102 valence electrons. The van der Waals surface area contributed by atoms with Crippen LogP contribution in [0.15, 0.2) is 24.3 Å². The fourth-order valence-electron chi connectivity index (χ4n) is 1.44. The zero-order valence-corrected chi connectivity index (χ0v) is 10.4. The van der Waals surface area contributed by atoms with Crippen LogP contribution in [-0.4, -0.2) is 19.3 Å². The summed E-state index contributed by atoms with van der Waals surface area (Å²) < 4.78 is 40.9. The molecular formula is C13H18F3NO. The van der Waals surface area contributed by atoms with E-state index in [2.05, 4.69) is 5.32 Å². The molecule has 0 unspecified atom stereocenters. The third-order valence-electron chi connectivity index (χ3n) is 2.38. The highest BCUT2D eigenvalue weighted by molar-refractivity contribution is 5.27. The van der Waals surface area contributed by atoms with Crippen LogP contribution < -0.4 is 10.1 Å². The largest absolute Gasteiger partial charge is 0.494 e. The Bertz CT molecular complexity index is 335. The number of ether oxygens (including phenoxy) is 1. The molecule has 0 saturated carbocycles. The van der Waals surface area contributed by atoms with E-state index in [9.17, 15) is 13.2 Å². The van der Waals surface area contributed by atoms with Crippen LogP contribution in [0.25, 0.3) is 0 Å². The Morgan fingerprint density at radius 1 is 1.17 bits per heavy atom. The quantitative estimate of drug-likeness (QED) is 0.758. The molecular weight excluding hydrogens is 243 g/mol. The Kier molecular flexibility index (Phi) is 5.98. The molecule has 0 bridgehead atoms. The van der Waals surface area contributed by atoms with Gasteiger partial charge in [-0.05, 0) is 30.7 Å². The molecule has 0 aliphatic heterocycles. The van der Waals surface area contributed by atoms with Gasteiger partial charge in [0.2, 0.25) is 0 Å². The van der Waals surface area contributed by atoms with E-state index in [4.69, 9.17) is 4.74 Å². The highest BCUT2D eigenvalue weighted by Gasteiger charge is 2.26. The van der Waals surface area contributed by atoms with Crippen LogP contribution in [0.4, 0.5) is 13.2 Å². The van der Waals surface area contributed by atoms with Crippen LogP contribution in [0.5, 0.6) is 5.75 Å². The van der Waals surface area contributed by atoms with Crippen molar-refractivity contribution >= 4 is 0 Å². The molecule has 0 amide bonds. The van der Waals surface area contributed by atoms with Crippen LogP contribution in [0, 0.1) is 0 Å². The second kappa shape index (κ2) is 7.26. The first-order valence-electron chi connectivity index (χ1n) is 6.00. The summed E-state index contributed by atoms with van der Waals surface area (Å²) in [4.78, 5) is 0. The van der Waals surface area contributed by atoms with Crippen LogP contribution in [-0.2, 0) is 6.54 Å². The number of nitrogens with one attached hydrogen (secondary N) is 1. The topological polar surface area (TPSA) is 21.3 Å². The fourth-order valence-corrected chi connectivity index (χ4v) is 1.44. The van der Waals surface area contributed by atoms with E-state index in [1.165, 1.54) is 0 Å². The summed E-state index contributed by atoms with van der Waals surface area (Å²) in [5.74, 6) is 0.609. The molecule has 1 N–H and O–H groups in total. The van der Waals surface area contributed by atoms with E-state index in [0.29, 0.717) is 5.75 Å². The van der Waals surface area contributed by atoms with Gasteiger partial charge < -0.3 is 10.1 Å². The third-order valence-corrected chi connectivity index (χ3v) is 2.38. The molecule has 1 aromatic rings. The van der Waals surface area contributed by atoms with Gasteiger partial charge in [0, 0.05) is 13.0 Å². The molecule has 0 spiro atoms. The first-order valence-corrected chi connectivity index (χ1v) is 6.00. The van der Waals surface area contributed by atoms with Crippen LogP contribution in [0.1, 0.15) is 25.3 Å². The summed E-state index contributed by atoms with van der Waals surface area (Å²) in [6.45, 7) is 3.80. The second-order valence-corrected chi connectivity index (χ2v) is 3.99. The molecule has 0 radical (unpaired) electrons. The van der Waals surface area contributed by atoms with Gasteiger partial charge in [-0.25, -0.2) is 0 Å². The maximum absolute atomic E-state index is 11.9. The SMILES string of the molecule is CCNCc1ccc(OCCCC(F)(F)F)cc1. The van der Waals surface area contributed by atoms with E-state index in [0.717, 1.165) is 18.7 Å². The molecule has 2 nitrogen and oxygen atoms in total. The lowest BCUT2D eigenvalue weighted by molar-refractivity contribution is -0.136. The summed E-state index contributed by atoms with van der Waals surface area (Å²) in [7, 11) is 0. The fraction of sp³-hybridized carbons (Fsp3) is 0.538. The number of halogens is 3. The van der Waals surface area contributed by atoms with Gasteiger partial charge in [0.15, 0.2) is 0 Å². The maximum atomic E-state index is 11.9. The number of hydrogen-bond acceptors (Lipinski definition) is 2. The van der Waals surface area contributed by atoms with Crippen molar-refractivity contribution in [2.75, 3.05) is 13.2 Å². The molecule has 5 heteroatoms. The lowest BCUT2D eigenvalue weighted by Gasteiger charge is -2.09. The molecule has 1 rings (SSSR count). The van der Waals surface area contributed by atoms with Crippen molar-refractivity contribution in [3.63, 3.8) is 0 Å². The highest BCUT2D eigenvalue weighted by atomic mass is 19.4. The van der Waals surface area contributed by atoms with Gasteiger partial charge >= 0.3 is 6.18 Å². The molecule has 0 saturated heterocycles. The van der Waals surface area contributed by atoms with E-state index >= 15 is 0 Å². The summed E-state index contributed by atoms with van der Waals surface area (Å²) in [5.41, 5.74) is 1.12. The summed E-state index contributed by atoms with van der Waals surface area (Å²) in [6, 6.07) is 7.37. The van der Waals surface area contributed by atoms with Crippen molar-refractivity contribution in [1.29, 1.82) is 0 Å². The predicted molar refractivity (Wildman–Crippen MR) is 64.6 cm³/mol. The molecule has 0 aliphatic rings. The standard InChI is InChI=1S/C13H18F3NO/c1-2-17-10-11-4-6-12(7-5-11)18-9-3-8-13(14,15)16/h4-7,17H,2-3,8-10H2,1H3. The number of rotatable bonds is 7. The van der Waals surface area contributed by atoms with Gasteiger partial charge in [0.1, 0.15) is 5.75 Å². The lowest BCUT2D eigenvalue weighted by atomic mass is 10.2. The van der Waals surface area contributed by atoms with Gasteiger partial charge in [-0.1, -0.05) is 19.1 Å². The van der Waals surface area contributed by atoms with Crippen molar-refractivity contribution in [3.05, 3.63) is 29.8 Å². The molecule has 0 heterocycles. The Morgan fingerprint density at radius 3 is 2.39 bits per heavy atom. The van der Waals surface area contributed by atoms with E-state index in [-0.39, 0.29) is 13.0 Å². The summed E-state index contributed by atoms with van der Waals surface area (Å²) >= 11 is 0. The zero-order valence-electron chi connectivity index (χ0n) is 10.4. The number of hydrogen-bond donors (Lipinski definition) is 1. The van der Waals surface area contributed by atoms with Gasteiger partial charge in [-0.2, -0.15) is 13.2 Å². The van der Waals surface area contributed by atoms with Crippen LogP contribution in [0.2, 0.25) is 0 Å². The molecule has 1 aromatic carbocycles. The maximum Gasteiger partial charge on any atom is 0.389 e. The second-order valence-electron chi connectivity index (χ2n) is 3.99. The van der Waals surface area contributed by atoms with Crippen LogP contribution >= 0.6 is 0 Å². The molecule has 0 fully saturated rings. The highest BCUT2D eigenvalue weighted by Crippen LogP contribution is 2.21. The van der Waals surface area contributed by atoms with Gasteiger partial charge in [0.05, 0.1) is 6.61 Å². The zero-order chi connectivity index (χ0) is 13.4. The Morgan fingerprint density at radius 2 is 1.83 bits per heavy atom. The number of alkyl halides is 3. The lowest BCUT2D eigenvalue weighted by Crippen LogP contribution is -2.11. The average Bonchev–Trinajstić information content (AvgIpc) is 2.32. The summed E-state index contributed by atoms with van der Waals surface area (Å²) in [6.07, 6.45) is -4.91. The molecule has 0 aliphatic carbocycles. The minimum absolute atomic E-state index is 0.0113. The Labute approximate surface area is 105 Å². The minimum atomic E-state index is -4.10. The third kappa shape index (κ3) is 6.49. The summed E-state index contributed by atoms with van der Waals surface area (Å²) in [5, 5.41) is 3.19. The molecule has 0 aromatic heterocycles. The predicted octanol–water partition coefficient (Wildman–Crippen LogP) is 3.52. The van der Waals surface area contributed by atoms with Crippen LogP contribution in [0.3, 0.4) is 0 Å². The first kappa shape index (κ1) is 14.8. The van der Waals surface area contributed by atoms with E-state index < -0.39 is 12.6 Å². The minimum Gasteiger partial charge on any atom is -0.494 e. The average molecular weight is 261 g/mol. The van der Waals surface area contributed by atoms with Gasteiger partial charge in [0.25, 0.3) is 0 Å². The normalized spacial score (nSPS) is 11.6. The molecule has 18 heavy (non-hydrogen) atoms. The van der Waals surface area contributed by atoms with E-state index in [1.54, 1.807) is 12.1 Å². The van der Waals surface area contributed by atoms with Crippen molar-refractivity contribution in [2.24, 2.45) is 0 Å². The van der Waals surface area contributed by atoms with Crippen molar-refractivity contribution in [3.8, 4) is 5.75 Å². The van der Waals surface area contributed by atoms with Gasteiger partial charge in [-0.15, -0.1) is 0 Å². The van der Waals surface area contributed by atoms with Crippen molar-refractivity contribution < 1.29 is 17.9 Å². The monoisotopic (exact) mass is 261 g/mol. The van der Waals surface area contributed by atoms with Crippen molar-refractivity contribution in [1.82, 2.24) is 5.32 Å². The smallest absolute Gasteiger partial charge is 0.389 e.